The average Bonchev–Trinajstić information content (AvgIpc) is 3.18. The van der Waals surface area contributed by atoms with Crippen molar-refractivity contribution in [3.8, 4) is 0 Å². The average molecular weight is 329 g/mol. The number of β-amino-alcohol motifs (C(OH)–C–C–N with tert-alkyl or cyclic N) is 1. The van der Waals surface area contributed by atoms with Crippen molar-refractivity contribution in [2.75, 3.05) is 19.7 Å². The van der Waals surface area contributed by atoms with Crippen LogP contribution in [-0.2, 0) is 17.9 Å². The van der Waals surface area contributed by atoms with Crippen molar-refractivity contribution in [1.82, 2.24) is 14.7 Å². The maximum absolute atomic E-state index is 10.3. The highest BCUT2D eigenvalue weighted by atomic mass is 16.5. The molecule has 1 aromatic heterocycles. The van der Waals surface area contributed by atoms with Crippen molar-refractivity contribution in [1.29, 1.82) is 0 Å². The summed E-state index contributed by atoms with van der Waals surface area (Å²) in [5, 5.41) is 14.7. The van der Waals surface area contributed by atoms with Gasteiger partial charge in [0, 0.05) is 18.8 Å². The third-order valence-electron chi connectivity index (χ3n) is 4.53. The Hall–Kier alpha value is -1.69. The molecule has 1 fully saturated rings. The highest BCUT2D eigenvalue weighted by molar-refractivity contribution is 5.13. The van der Waals surface area contributed by atoms with E-state index >= 15 is 0 Å². The van der Waals surface area contributed by atoms with E-state index in [4.69, 9.17) is 4.74 Å². The molecule has 1 saturated heterocycles. The minimum Gasteiger partial charge on any atom is -0.389 e. The van der Waals surface area contributed by atoms with Crippen LogP contribution in [0.1, 0.15) is 24.0 Å². The van der Waals surface area contributed by atoms with Crippen molar-refractivity contribution in [2.45, 2.75) is 45.1 Å². The van der Waals surface area contributed by atoms with Gasteiger partial charge in [-0.3, -0.25) is 9.58 Å². The fourth-order valence-electron chi connectivity index (χ4n) is 3.34. The van der Waals surface area contributed by atoms with Gasteiger partial charge in [-0.2, -0.15) is 5.10 Å². The molecule has 0 saturated carbocycles. The summed E-state index contributed by atoms with van der Waals surface area (Å²) in [6.45, 7) is 5.59. The molecule has 2 aromatic rings. The zero-order chi connectivity index (χ0) is 16.8. The molecule has 0 radical (unpaired) electrons. The van der Waals surface area contributed by atoms with E-state index in [0.717, 1.165) is 25.1 Å². The third-order valence-corrected chi connectivity index (χ3v) is 4.53. The number of aromatic nitrogens is 2. The SMILES string of the molecule is Cc1cnn(C[C@H]2CCCN2C[C@H](O)COCc2ccccc2)c1. The Morgan fingerprint density at radius 3 is 2.92 bits per heavy atom. The van der Waals surface area contributed by atoms with Crippen LogP contribution in [0.5, 0.6) is 0 Å². The maximum Gasteiger partial charge on any atom is 0.0900 e. The number of likely N-dealkylation sites (tertiary alicyclic amines) is 1. The first-order valence-corrected chi connectivity index (χ1v) is 8.73. The second-order valence-corrected chi connectivity index (χ2v) is 6.69. The van der Waals surface area contributed by atoms with Gasteiger partial charge < -0.3 is 9.84 Å². The van der Waals surface area contributed by atoms with Gasteiger partial charge in [-0.15, -0.1) is 0 Å². The summed E-state index contributed by atoms with van der Waals surface area (Å²) in [5.74, 6) is 0. The Labute approximate surface area is 143 Å². The van der Waals surface area contributed by atoms with Gasteiger partial charge in [0.15, 0.2) is 0 Å². The number of benzene rings is 1. The first-order valence-electron chi connectivity index (χ1n) is 8.73. The summed E-state index contributed by atoms with van der Waals surface area (Å²) in [7, 11) is 0. The fourth-order valence-corrected chi connectivity index (χ4v) is 3.34. The first-order chi connectivity index (χ1) is 11.7. The van der Waals surface area contributed by atoms with Crippen molar-refractivity contribution >= 4 is 0 Å². The highest BCUT2D eigenvalue weighted by Gasteiger charge is 2.26. The van der Waals surface area contributed by atoms with Crippen molar-refractivity contribution < 1.29 is 9.84 Å². The van der Waals surface area contributed by atoms with Crippen LogP contribution in [0.25, 0.3) is 0 Å². The van der Waals surface area contributed by atoms with Gasteiger partial charge in [0.25, 0.3) is 0 Å². The fraction of sp³-hybridized carbons (Fsp3) is 0.526. The Balaban J connectivity index is 1.42. The van der Waals surface area contributed by atoms with Gasteiger partial charge in [-0.25, -0.2) is 0 Å². The molecule has 2 heterocycles. The second kappa shape index (κ2) is 8.42. The summed E-state index contributed by atoms with van der Waals surface area (Å²) in [6.07, 6.45) is 5.87. The highest BCUT2D eigenvalue weighted by Crippen LogP contribution is 2.19. The zero-order valence-corrected chi connectivity index (χ0v) is 14.3. The molecule has 5 nitrogen and oxygen atoms in total. The first kappa shape index (κ1) is 17.1. The molecule has 3 rings (SSSR count). The number of hydrogen-bond donors (Lipinski definition) is 1. The summed E-state index contributed by atoms with van der Waals surface area (Å²) < 4.78 is 7.66. The molecule has 2 atom stereocenters. The van der Waals surface area contributed by atoms with Crippen LogP contribution in [0.4, 0.5) is 0 Å². The predicted octanol–water partition coefficient (Wildman–Crippen LogP) is 2.23. The van der Waals surface area contributed by atoms with Crippen molar-refractivity contribution in [2.24, 2.45) is 0 Å². The number of aliphatic hydroxyl groups excluding tert-OH is 1. The van der Waals surface area contributed by atoms with Crippen LogP contribution in [-0.4, -0.2) is 51.6 Å². The molecule has 1 N–H and O–H groups in total. The van der Waals surface area contributed by atoms with E-state index in [2.05, 4.69) is 23.1 Å². The Bertz CT molecular complexity index is 614. The lowest BCUT2D eigenvalue weighted by molar-refractivity contribution is 0.00666. The van der Waals surface area contributed by atoms with E-state index in [1.807, 2.05) is 41.2 Å². The van der Waals surface area contributed by atoms with Gasteiger partial charge in [-0.05, 0) is 37.4 Å². The van der Waals surface area contributed by atoms with Crippen LogP contribution >= 0.6 is 0 Å². The smallest absolute Gasteiger partial charge is 0.0900 e. The molecule has 0 bridgehead atoms. The Kier molecular flexibility index (Phi) is 6.01. The molecule has 1 aromatic carbocycles. The van der Waals surface area contributed by atoms with Crippen LogP contribution in [0.2, 0.25) is 0 Å². The molecule has 0 unspecified atom stereocenters. The summed E-state index contributed by atoms with van der Waals surface area (Å²) in [5.41, 5.74) is 2.33. The minimum atomic E-state index is -0.450. The zero-order valence-electron chi connectivity index (χ0n) is 14.3. The van der Waals surface area contributed by atoms with E-state index < -0.39 is 6.10 Å². The maximum atomic E-state index is 10.3. The lowest BCUT2D eigenvalue weighted by Crippen LogP contribution is -2.40. The number of nitrogens with zero attached hydrogens (tertiary/aromatic N) is 3. The topological polar surface area (TPSA) is 50.5 Å². The molecule has 0 amide bonds. The van der Waals surface area contributed by atoms with E-state index in [9.17, 15) is 5.11 Å². The Morgan fingerprint density at radius 2 is 2.17 bits per heavy atom. The molecule has 130 valence electrons. The number of ether oxygens (including phenoxy) is 1. The van der Waals surface area contributed by atoms with Gasteiger partial charge in [-0.1, -0.05) is 30.3 Å². The van der Waals surface area contributed by atoms with Crippen molar-refractivity contribution in [3.63, 3.8) is 0 Å². The molecule has 0 spiro atoms. The monoisotopic (exact) mass is 329 g/mol. The third kappa shape index (κ3) is 4.90. The Morgan fingerprint density at radius 1 is 1.33 bits per heavy atom. The van der Waals surface area contributed by atoms with Crippen LogP contribution in [0.15, 0.2) is 42.7 Å². The normalized spacial score (nSPS) is 19.7. The predicted molar refractivity (Wildman–Crippen MR) is 93.7 cm³/mol. The molecule has 24 heavy (non-hydrogen) atoms. The molecule has 1 aliphatic heterocycles. The van der Waals surface area contributed by atoms with Gasteiger partial charge in [0.05, 0.1) is 32.1 Å². The summed E-state index contributed by atoms with van der Waals surface area (Å²) in [4.78, 5) is 2.37. The quantitative estimate of drug-likeness (QED) is 0.807. The van der Waals surface area contributed by atoms with Crippen molar-refractivity contribution in [3.05, 3.63) is 53.9 Å². The lowest BCUT2D eigenvalue weighted by Gasteiger charge is -2.26. The lowest BCUT2D eigenvalue weighted by atomic mass is 10.2. The van der Waals surface area contributed by atoms with Gasteiger partial charge in [0.1, 0.15) is 0 Å². The number of aryl methyl sites for hydroxylation is 1. The minimum absolute atomic E-state index is 0.374. The van der Waals surface area contributed by atoms with Crippen LogP contribution in [0, 0.1) is 6.92 Å². The van der Waals surface area contributed by atoms with Gasteiger partial charge in [0.2, 0.25) is 0 Å². The summed E-state index contributed by atoms with van der Waals surface area (Å²) >= 11 is 0. The molecule has 1 aliphatic rings. The number of aliphatic hydroxyl groups is 1. The molecule has 5 heteroatoms. The largest absolute Gasteiger partial charge is 0.389 e. The molecular weight excluding hydrogens is 302 g/mol. The number of rotatable bonds is 8. The van der Waals surface area contributed by atoms with Crippen LogP contribution in [0.3, 0.4) is 0 Å². The molecular formula is C19H27N3O2. The molecule has 0 aliphatic carbocycles. The van der Waals surface area contributed by atoms with Crippen LogP contribution < -0.4 is 0 Å². The van der Waals surface area contributed by atoms with E-state index in [1.165, 1.54) is 12.0 Å². The van der Waals surface area contributed by atoms with E-state index in [0.29, 0.717) is 25.8 Å². The van der Waals surface area contributed by atoms with Gasteiger partial charge >= 0.3 is 0 Å². The van der Waals surface area contributed by atoms with E-state index in [1.54, 1.807) is 0 Å². The summed E-state index contributed by atoms with van der Waals surface area (Å²) in [6, 6.07) is 10.5. The van der Waals surface area contributed by atoms with E-state index in [-0.39, 0.29) is 0 Å². The number of hydrogen-bond acceptors (Lipinski definition) is 4. The second-order valence-electron chi connectivity index (χ2n) is 6.69. The standard InChI is InChI=1S/C19H27N3O2/c1-16-10-20-22(11-16)12-18-8-5-9-21(18)13-19(23)15-24-14-17-6-3-2-4-7-17/h2-4,6-7,10-11,18-19,23H,5,8-9,12-15H2,1H3/t18-,19+/m1/s1.